The van der Waals surface area contributed by atoms with Crippen molar-refractivity contribution in [2.24, 2.45) is 0 Å². The van der Waals surface area contributed by atoms with Crippen LogP contribution >= 0.6 is 11.3 Å². The predicted molar refractivity (Wildman–Crippen MR) is 76.6 cm³/mol. The number of aromatic nitrogens is 3. The second kappa shape index (κ2) is 7.04. The van der Waals surface area contributed by atoms with Gasteiger partial charge in [0.2, 0.25) is 5.88 Å². The summed E-state index contributed by atoms with van der Waals surface area (Å²) in [7, 11) is 0. The lowest BCUT2D eigenvalue weighted by molar-refractivity contribution is 0.305. The number of thiazole rings is 1. The Hall–Kier alpha value is -1.69. The van der Waals surface area contributed by atoms with Crippen molar-refractivity contribution in [1.29, 1.82) is 0 Å². The van der Waals surface area contributed by atoms with Gasteiger partial charge in [0.25, 0.3) is 0 Å². The molecule has 0 spiro atoms. The fraction of sp³-hybridized carbons (Fsp3) is 0.462. The van der Waals surface area contributed by atoms with Gasteiger partial charge in [-0.05, 0) is 12.8 Å². The third kappa shape index (κ3) is 3.89. The lowest BCUT2D eigenvalue weighted by Crippen LogP contribution is -2.11. The Morgan fingerprint density at radius 1 is 1.32 bits per heavy atom. The highest BCUT2D eigenvalue weighted by Gasteiger charge is 2.12. The molecule has 1 N–H and O–H groups in total. The lowest BCUT2D eigenvalue weighted by atomic mass is 10.2. The summed E-state index contributed by atoms with van der Waals surface area (Å²) in [6, 6.07) is 2.00. The predicted octanol–water partition coefficient (Wildman–Crippen LogP) is 3.29. The Balaban J connectivity index is 2.05. The first-order chi connectivity index (χ1) is 9.33. The number of nitrogens with one attached hydrogen (secondary N) is 1. The quantitative estimate of drug-likeness (QED) is 0.842. The summed E-state index contributed by atoms with van der Waals surface area (Å²) >= 11 is 1.64. The molecule has 0 amide bonds. The van der Waals surface area contributed by atoms with Crippen molar-refractivity contribution in [1.82, 2.24) is 15.0 Å². The van der Waals surface area contributed by atoms with Crippen molar-refractivity contribution in [3.05, 3.63) is 29.0 Å². The summed E-state index contributed by atoms with van der Waals surface area (Å²) in [4.78, 5) is 12.6. The van der Waals surface area contributed by atoms with Crippen molar-refractivity contribution in [3.63, 3.8) is 0 Å². The van der Waals surface area contributed by atoms with Crippen LogP contribution in [0.25, 0.3) is 0 Å². The van der Waals surface area contributed by atoms with Gasteiger partial charge in [0.15, 0.2) is 0 Å². The van der Waals surface area contributed by atoms with Crippen LogP contribution in [0.4, 0.5) is 5.82 Å². The Labute approximate surface area is 117 Å². The fourth-order valence-corrected chi connectivity index (χ4v) is 2.40. The van der Waals surface area contributed by atoms with Crippen LogP contribution in [0.15, 0.2) is 24.0 Å². The molecule has 2 aromatic heterocycles. The van der Waals surface area contributed by atoms with E-state index in [9.17, 15) is 0 Å². The third-order valence-corrected chi connectivity index (χ3v) is 3.47. The highest BCUT2D eigenvalue weighted by molar-refractivity contribution is 7.09. The van der Waals surface area contributed by atoms with E-state index in [0.717, 1.165) is 23.7 Å². The summed E-state index contributed by atoms with van der Waals surface area (Å²) in [6.07, 6.45) is 5.24. The van der Waals surface area contributed by atoms with Gasteiger partial charge in [-0.25, -0.2) is 15.0 Å². The van der Waals surface area contributed by atoms with Gasteiger partial charge in [0, 0.05) is 17.6 Å². The monoisotopic (exact) mass is 278 g/mol. The Bertz CT molecular complexity index is 489. The van der Waals surface area contributed by atoms with E-state index < -0.39 is 0 Å². The zero-order valence-corrected chi connectivity index (χ0v) is 12.0. The average Bonchev–Trinajstić information content (AvgIpc) is 2.97. The molecule has 102 valence electrons. The topological polar surface area (TPSA) is 59.9 Å². The summed E-state index contributed by atoms with van der Waals surface area (Å²) in [5.41, 5.74) is 0. The maximum Gasteiger partial charge on any atom is 0.218 e. The minimum absolute atomic E-state index is 0.175. The molecule has 0 radical (unpaired) electrons. The molecule has 0 saturated carbocycles. The molecule has 0 fully saturated rings. The molecule has 2 rings (SSSR count). The van der Waals surface area contributed by atoms with E-state index in [1.807, 2.05) is 17.6 Å². The number of ether oxygens (including phenoxy) is 1. The molecule has 0 saturated heterocycles. The van der Waals surface area contributed by atoms with Crippen LogP contribution in [0.5, 0.6) is 5.88 Å². The summed E-state index contributed by atoms with van der Waals surface area (Å²) in [5.74, 6) is 1.37. The smallest absolute Gasteiger partial charge is 0.218 e. The normalized spacial score (nSPS) is 12.1. The van der Waals surface area contributed by atoms with Gasteiger partial charge in [-0.1, -0.05) is 13.8 Å². The first kappa shape index (κ1) is 13.7. The van der Waals surface area contributed by atoms with Crippen LogP contribution in [0.3, 0.4) is 0 Å². The van der Waals surface area contributed by atoms with Crippen molar-refractivity contribution in [2.75, 3.05) is 11.9 Å². The van der Waals surface area contributed by atoms with Crippen LogP contribution < -0.4 is 10.1 Å². The number of hydrogen-bond donors (Lipinski definition) is 1. The minimum atomic E-state index is 0.175. The summed E-state index contributed by atoms with van der Waals surface area (Å²) in [5, 5.41) is 6.41. The Morgan fingerprint density at radius 3 is 2.89 bits per heavy atom. The van der Waals surface area contributed by atoms with E-state index >= 15 is 0 Å². The van der Waals surface area contributed by atoms with Crippen molar-refractivity contribution >= 4 is 17.2 Å². The molecule has 1 atom stereocenters. The molecule has 6 heteroatoms. The number of rotatable bonds is 7. The molecule has 0 aliphatic carbocycles. The van der Waals surface area contributed by atoms with Gasteiger partial charge < -0.3 is 10.1 Å². The van der Waals surface area contributed by atoms with E-state index in [1.165, 1.54) is 6.33 Å². The maximum absolute atomic E-state index is 5.50. The fourth-order valence-electron chi connectivity index (χ4n) is 1.63. The minimum Gasteiger partial charge on any atom is -0.478 e. The zero-order valence-electron chi connectivity index (χ0n) is 11.2. The standard InChI is InChI=1S/C13H18N4OS/c1-3-6-18-12-8-11(15-9-16-12)17-10(4-2)13-14-5-7-19-13/h5,7-10H,3-4,6H2,1-2H3,(H,15,16,17). The molecule has 5 nitrogen and oxygen atoms in total. The van der Waals surface area contributed by atoms with E-state index in [2.05, 4.69) is 34.1 Å². The van der Waals surface area contributed by atoms with E-state index in [0.29, 0.717) is 12.5 Å². The Morgan fingerprint density at radius 2 is 2.21 bits per heavy atom. The lowest BCUT2D eigenvalue weighted by Gasteiger charge is -2.15. The van der Waals surface area contributed by atoms with Gasteiger partial charge in [-0.15, -0.1) is 11.3 Å². The highest BCUT2D eigenvalue weighted by Crippen LogP contribution is 2.24. The third-order valence-electron chi connectivity index (χ3n) is 2.58. The van der Waals surface area contributed by atoms with Crippen LogP contribution in [0.2, 0.25) is 0 Å². The number of hydrogen-bond acceptors (Lipinski definition) is 6. The molecule has 2 heterocycles. The van der Waals surface area contributed by atoms with Crippen molar-refractivity contribution in [2.45, 2.75) is 32.7 Å². The molecule has 0 bridgehead atoms. The van der Waals surface area contributed by atoms with Gasteiger partial charge in [-0.2, -0.15) is 0 Å². The Kier molecular flexibility index (Phi) is 5.09. The molecule has 0 aliphatic heterocycles. The van der Waals surface area contributed by atoms with Gasteiger partial charge in [0.1, 0.15) is 17.2 Å². The molecule has 0 aromatic carbocycles. The van der Waals surface area contributed by atoms with Crippen LogP contribution in [0, 0.1) is 0 Å². The average molecular weight is 278 g/mol. The van der Waals surface area contributed by atoms with E-state index in [4.69, 9.17) is 4.74 Å². The summed E-state index contributed by atoms with van der Waals surface area (Å²) < 4.78 is 5.50. The highest BCUT2D eigenvalue weighted by atomic mass is 32.1. The largest absolute Gasteiger partial charge is 0.478 e. The van der Waals surface area contributed by atoms with E-state index in [1.54, 1.807) is 11.3 Å². The van der Waals surface area contributed by atoms with Crippen molar-refractivity contribution in [3.8, 4) is 5.88 Å². The SMILES string of the molecule is CCCOc1cc(NC(CC)c2nccs2)ncn1. The molecule has 0 aliphatic rings. The second-order valence-electron chi connectivity index (χ2n) is 4.07. The second-order valence-corrected chi connectivity index (χ2v) is 4.99. The number of nitrogens with zero attached hydrogens (tertiary/aromatic N) is 3. The molecule has 19 heavy (non-hydrogen) atoms. The van der Waals surface area contributed by atoms with Crippen molar-refractivity contribution < 1.29 is 4.74 Å². The molecular weight excluding hydrogens is 260 g/mol. The zero-order chi connectivity index (χ0) is 13.5. The van der Waals surface area contributed by atoms with Crippen LogP contribution in [-0.2, 0) is 0 Å². The summed E-state index contributed by atoms with van der Waals surface area (Å²) in [6.45, 7) is 4.85. The molecular formula is C13H18N4OS. The van der Waals surface area contributed by atoms with E-state index in [-0.39, 0.29) is 6.04 Å². The first-order valence-corrected chi connectivity index (χ1v) is 7.32. The van der Waals surface area contributed by atoms with Gasteiger partial charge in [-0.3, -0.25) is 0 Å². The van der Waals surface area contributed by atoms with Crippen LogP contribution in [-0.4, -0.2) is 21.6 Å². The van der Waals surface area contributed by atoms with Crippen LogP contribution in [0.1, 0.15) is 37.7 Å². The molecule has 1 unspecified atom stereocenters. The first-order valence-electron chi connectivity index (χ1n) is 6.44. The maximum atomic E-state index is 5.50. The number of anilines is 1. The van der Waals surface area contributed by atoms with Gasteiger partial charge in [0.05, 0.1) is 12.6 Å². The molecule has 2 aromatic rings. The van der Waals surface area contributed by atoms with Gasteiger partial charge >= 0.3 is 0 Å².